The fraction of sp³-hybridized carbons (Fsp3) is 0.348. The Morgan fingerprint density at radius 3 is 2.67 bits per heavy atom. The Morgan fingerprint density at radius 1 is 1.10 bits per heavy atom. The van der Waals surface area contributed by atoms with Gasteiger partial charge >= 0.3 is 0 Å². The van der Waals surface area contributed by atoms with Crippen LogP contribution in [0.5, 0.6) is 0 Å². The molecular formula is C23H28N4O3. The van der Waals surface area contributed by atoms with Gasteiger partial charge in [-0.05, 0) is 68.9 Å². The summed E-state index contributed by atoms with van der Waals surface area (Å²) in [6.45, 7) is 6.16. The summed E-state index contributed by atoms with van der Waals surface area (Å²) in [5.41, 5.74) is 5.91. The number of aryl methyl sites for hydroxylation is 4. The van der Waals surface area contributed by atoms with Gasteiger partial charge in [0, 0.05) is 13.2 Å². The maximum Gasteiger partial charge on any atom is 0.296 e. The number of amides is 1. The molecule has 0 unspecified atom stereocenters. The second-order valence-corrected chi connectivity index (χ2v) is 7.53. The molecule has 1 heterocycles. The molecule has 0 spiro atoms. The van der Waals surface area contributed by atoms with Gasteiger partial charge in [-0.2, -0.15) is 5.10 Å². The minimum Gasteiger partial charge on any atom is -0.396 e. The lowest BCUT2D eigenvalue weighted by Gasteiger charge is -2.14. The zero-order chi connectivity index (χ0) is 21.7. The van der Waals surface area contributed by atoms with Crippen LogP contribution < -0.4 is 5.17 Å². The van der Waals surface area contributed by atoms with Gasteiger partial charge in [0.25, 0.3) is 5.91 Å². The van der Waals surface area contributed by atoms with Crippen molar-refractivity contribution < 1.29 is 15.1 Å². The molecule has 3 rings (SSSR count). The number of carbonyl (C=O) groups is 1. The Hall–Kier alpha value is -3.03. The van der Waals surface area contributed by atoms with E-state index in [9.17, 15) is 10.0 Å². The van der Waals surface area contributed by atoms with E-state index < -0.39 is 0 Å². The fourth-order valence-corrected chi connectivity index (χ4v) is 3.38. The first kappa shape index (κ1) is 21.7. The SMILES string of the molecule is CC1=NN(CCCO)C(=O)C1=NN(O)c1cccc(CCc2cc(C)ccc2C)c1. The molecule has 1 aliphatic rings. The predicted molar refractivity (Wildman–Crippen MR) is 118 cm³/mol. The van der Waals surface area contributed by atoms with Crippen LogP contribution in [0.25, 0.3) is 0 Å². The molecule has 158 valence electrons. The van der Waals surface area contributed by atoms with E-state index in [1.165, 1.54) is 21.7 Å². The number of benzene rings is 2. The number of carbonyl (C=O) groups excluding carboxylic acids is 1. The Kier molecular flexibility index (Phi) is 6.97. The molecule has 7 heteroatoms. The highest BCUT2D eigenvalue weighted by atomic mass is 16.5. The van der Waals surface area contributed by atoms with Crippen molar-refractivity contribution in [2.75, 3.05) is 18.3 Å². The van der Waals surface area contributed by atoms with E-state index in [1.807, 2.05) is 18.2 Å². The van der Waals surface area contributed by atoms with Crippen molar-refractivity contribution in [3.8, 4) is 0 Å². The molecule has 1 amide bonds. The topological polar surface area (TPSA) is 88.7 Å². The molecule has 0 aromatic heterocycles. The Labute approximate surface area is 176 Å². The monoisotopic (exact) mass is 408 g/mol. The average Bonchev–Trinajstić information content (AvgIpc) is 3.00. The molecule has 0 saturated carbocycles. The van der Waals surface area contributed by atoms with E-state index in [4.69, 9.17) is 5.11 Å². The third-order valence-electron chi connectivity index (χ3n) is 5.10. The van der Waals surface area contributed by atoms with Crippen molar-refractivity contribution in [3.63, 3.8) is 0 Å². The van der Waals surface area contributed by atoms with Gasteiger partial charge in [-0.3, -0.25) is 10.0 Å². The molecule has 0 radical (unpaired) electrons. The molecule has 2 N–H and O–H groups in total. The summed E-state index contributed by atoms with van der Waals surface area (Å²) in [5, 5.41) is 29.6. The summed E-state index contributed by atoms with van der Waals surface area (Å²) in [6.07, 6.45) is 2.17. The zero-order valence-corrected chi connectivity index (χ0v) is 17.7. The van der Waals surface area contributed by atoms with Crippen LogP contribution in [0.3, 0.4) is 0 Å². The highest BCUT2D eigenvalue weighted by Crippen LogP contribution is 2.19. The summed E-state index contributed by atoms with van der Waals surface area (Å²) in [7, 11) is 0. The quantitative estimate of drug-likeness (QED) is 0.657. The zero-order valence-electron chi connectivity index (χ0n) is 17.7. The normalized spacial score (nSPS) is 15.1. The molecular weight excluding hydrogens is 380 g/mol. The molecule has 2 aromatic rings. The van der Waals surface area contributed by atoms with Crippen molar-refractivity contribution in [2.24, 2.45) is 10.2 Å². The van der Waals surface area contributed by atoms with Gasteiger partial charge in [-0.1, -0.05) is 35.9 Å². The smallest absolute Gasteiger partial charge is 0.296 e. The van der Waals surface area contributed by atoms with Gasteiger partial charge in [0.05, 0.1) is 11.4 Å². The van der Waals surface area contributed by atoms with Crippen molar-refractivity contribution in [1.82, 2.24) is 5.01 Å². The van der Waals surface area contributed by atoms with Crippen molar-refractivity contribution >= 4 is 23.0 Å². The van der Waals surface area contributed by atoms with Crippen LogP contribution in [-0.2, 0) is 17.6 Å². The minimum absolute atomic E-state index is 0.0220. The molecule has 7 nitrogen and oxygen atoms in total. The molecule has 0 saturated heterocycles. The Bertz CT molecular complexity index is 984. The molecule has 0 bridgehead atoms. The van der Waals surface area contributed by atoms with Gasteiger partial charge < -0.3 is 5.11 Å². The number of aliphatic hydroxyl groups excluding tert-OH is 1. The number of hydrogen-bond donors (Lipinski definition) is 2. The molecule has 0 aliphatic carbocycles. The third-order valence-corrected chi connectivity index (χ3v) is 5.10. The number of rotatable bonds is 8. The molecule has 0 fully saturated rings. The van der Waals surface area contributed by atoms with Crippen LogP contribution >= 0.6 is 0 Å². The maximum atomic E-state index is 12.4. The van der Waals surface area contributed by atoms with Gasteiger partial charge in [0.1, 0.15) is 0 Å². The van der Waals surface area contributed by atoms with E-state index in [0.29, 0.717) is 24.4 Å². The number of hydrazone groups is 2. The number of anilines is 1. The van der Waals surface area contributed by atoms with Crippen LogP contribution in [0.15, 0.2) is 52.7 Å². The van der Waals surface area contributed by atoms with Crippen molar-refractivity contribution in [2.45, 2.75) is 40.0 Å². The van der Waals surface area contributed by atoms with Gasteiger partial charge in [-0.25, -0.2) is 5.01 Å². The molecule has 0 atom stereocenters. The number of nitrogens with zero attached hydrogens (tertiary/aromatic N) is 4. The molecule has 2 aromatic carbocycles. The standard InChI is InChI=1S/C23H28N4O3/c1-16-8-9-17(2)20(14-16)11-10-19-6-4-7-21(15-19)27(30)25-22-18(3)24-26(23(22)29)12-5-13-28/h4,6-9,14-15,28,30H,5,10-13H2,1-3H3. The van der Waals surface area contributed by atoms with Crippen LogP contribution in [-0.4, -0.2) is 45.8 Å². The van der Waals surface area contributed by atoms with E-state index >= 15 is 0 Å². The highest BCUT2D eigenvalue weighted by molar-refractivity contribution is 6.68. The van der Waals surface area contributed by atoms with Crippen LogP contribution in [0, 0.1) is 13.8 Å². The minimum atomic E-state index is -0.383. The largest absolute Gasteiger partial charge is 0.396 e. The summed E-state index contributed by atoms with van der Waals surface area (Å²) in [5.74, 6) is -0.383. The number of aliphatic hydroxyl groups is 1. The van der Waals surface area contributed by atoms with Gasteiger partial charge in [0.15, 0.2) is 5.71 Å². The first-order valence-electron chi connectivity index (χ1n) is 10.1. The van der Waals surface area contributed by atoms with Gasteiger partial charge in [0.2, 0.25) is 0 Å². The van der Waals surface area contributed by atoms with E-state index in [0.717, 1.165) is 23.6 Å². The van der Waals surface area contributed by atoms with E-state index in [1.54, 1.807) is 13.0 Å². The summed E-state index contributed by atoms with van der Waals surface area (Å²) in [6, 6.07) is 13.9. The Morgan fingerprint density at radius 2 is 1.90 bits per heavy atom. The maximum absolute atomic E-state index is 12.4. The van der Waals surface area contributed by atoms with Crippen LogP contribution in [0.1, 0.15) is 35.6 Å². The second kappa shape index (κ2) is 9.65. The molecule has 30 heavy (non-hydrogen) atoms. The molecule has 1 aliphatic heterocycles. The summed E-state index contributed by atoms with van der Waals surface area (Å²) < 4.78 is 0. The summed E-state index contributed by atoms with van der Waals surface area (Å²) >= 11 is 0. The summed E-state index contributed by atoms with van der Waals surface area (Å²) in [4.78, 5) is 12.4. The third kappa shape index (κ3) is 5.11. The van der Waals surface area contributed by atoms with Gasteiger partial charge in [-0.15, -0.1) is 10.3 Å². The number of hydrogen-bond acceptors (Lipinski definition) is 6. The lowest BCUT2D eigenvalue weighted by Crippen LogP contribution is -2.30. The Balaban J connectivity index is 1.71. The fourth-order valence-electron chi connectivity index (χ4n) is 3.38. The first-order chi connectivity index (χ1) is 14.4. The lowest BCUT2D eigenvalue weighted by atomic mass is 9.98. The lowest BCUT2D eigenvalue weighted by molar-refractivity contribution is -0.123. The predicted octanol–water partition coefficient (Wildman–Crippen LogP) is 3.24. The highest BCUT2D eigenvalue weighted by Gasteiger charge is 2.29. The second-order valence-electron chi connectivity index (χ2n) is 7.53. The van der Waals surface area contributed by atoms with Crippen molar-refractivity contribution in [1.29, 1.82) is 0 Å². The van der Waals surface area contributed by atoms with E-state index in [-0.39, 0.29) is 18.2 Å². The average molecular weight is 409 g/mol. The van der Waals surface area contributed by atoms with E-state index in [2.05, 4.69) is 42.2 Å². The first-order valence-corrected chi connectivity index (χ1v) is 10.1. The van der Waals surface area contributed by atoms with Crippen molar-refractivity contribution in [3.05, 3.63) is 64.7 Å². The van der Waals surface area contributed by atoms with Crippen LogP contribution in [0.2, 0.25) is 0 Å². The van der Waals surface area contributed by atoms with Crippen LogP contribution in [0.4, 0.5) is 5.69 Å².